The quantitative estimate of drug-likeness (QED) is 0.570. The van der Waals surface area contributed by atoms with Crippen LogP contribution in [0.25, 0.3) is 0 Å². The summed E-state index contributed by atoms with van der Waals surface area (Å²) in [5, 5.41) is 3.24. The fourth-order valence-electron chi connectivity index (χ4n) is 1.05. The minimum Gasteiger partial charge on any atom is -0.130 e. The van der Waals surface area contributed by atoms with Crippen LogP contribution < -0.4 is 0 Å². The molecule has 0 aromatic carbocycles. The summed E-state index contributed by atoms with van der Waals surface area (Å²) in [5.74, 6) is 0. The molecule has 1 atom stereocenters. The summed E-state index contributed by atoms with van der Waals surface area (Å²) in [4.78, 5) is 0. The Labute approximate surface area is 61.7 Å². The van der Waals surface area contributed by atoms with E-state index >= 15 is 0 Å². The average Bonchev–Trinajstić information content (AvgIpc) is 2.34. The molecule has 0 aromatic heterocycles. The third kappa shape index (κ3) is 1.75. The van der Waals surface area contributed by atoms with Gasteiger partial charge in [-0.15, -0.1) is 11.8 Å². The number of hydrogen-bond acceptors (Lipinski definition) is 1. The summed E-state index contributed by atoms with van der Waals surface area (Å²) in [6.45, 7) is 4.51. The molecular formula is C8H14S. The maximum Gasteiger partial charge on any atom is 0.0123 e. The molecule has 1 aliphatic rings. The Kier molecular flexibility index (Phi) is 2.65. The summed E-state index contributed by atoms with van der Waals surface area (Å²) in [5.41, 5.74) is 1.65. The lowest BCUT2D eigenvalue weighted by Crippen LogP contribution is -1.93. The van der Waals surface area contributed by atoms with Crippen LogP contribution >= 0.6 is 11.8 Å². The molecule has 0 amide bonds. The predicted octanol–water partition coefficient (Wildman–Crippen LogP) is 3.20. The van der Waals surface area contributed by atoms with Crippen molar-refractivity contribution in [2.75, 3.05) is 0 Å². The minimum absolute atomic E-state index is 0.903. The van der Waals surface area contributed by atoms with Gasteiger partial charge in [-0.3, -0.25) is 0 Å². The molecule has 0 aliphatic carbocycles. The molecule has 1 heterocycles. The van der Waals surface area contributed by atoms with Gasteiger partial charge in [0.2, 0.25) is 0 Å². The maximum atomic E-state index is 2.34. The topological polar surface area (TPSA) is 0 Å². The molecule has 0 aromatic rings. The summed E-state index contributed by atoms with van der Waals surface area (Å²) in [6, 6.07) is 0. The number of hydrogen-bond donors (Lipinski definition) is 0. The molecule has 0 fully saturated rings. The van der Waals surface area contributed by atoms with Crippen molar-refractivity contribution in [3.05, 3.63) is 11.0 Å². The van der Waals surface area contributed by atoms with E-state index in [1.54, 1.807) is 5.57 Å². The molecule has 0 N–H and O–H groups in total. The van der Waals surface area contributed by atoms with Crippen LogP contribution in [-0.4, -0.2) is 5.25 Å². The molecular weight excluding hydrogens is 128 g/mol. The summed E-state index contributed by atoms with van der Waals surface area (Å²) < 4.78 is 0. The highest BCUT2D eigenvalue weighted by molar-refractivity contribution is 8.03. The van der Waals surface area contributed by atoms with Crippen LogP contribution in [-0.2, 0) is 0 Å². The fraction of sp³-hybridized carbons (Fsp3) is 0.750. The van der Waals surface area contributed by atoms with Gasteiger partial charge < -0.3 is 0 Å². The SMILES string of the molecule is CCC1=CSC(CC)C1. The minimum atomic E-state index is 0.903. The highest BCUT2D eigenvalue weighted by Crippen LogP contribution is 2.33. The molecule has 1 unspecified atom stereocenters. The Morgan fingerprint density at radius 3 is 2.78 bits per heavy atom. The lowest BCUT2D eigenvalue weighted by Gasteiger charge is -2.02. The Balaban J connectivity index is 2.31. The van der Waals surface area contributed by atoms with Gasteiger partial charge in [0, 0.05) is 5.25 Å². The van der Waals surface area contributed by atoms with Gasteiger partial charge in [0.05, 0.1) is 0 Å². The largest absolute Gasteiger partial charge is 0.130 e. The molecule has 1 heteroatoms. The van der Waals surface area contributed by atoms with Crippen LogP contribution in [0.3, 0.4) is 0 Å². The van der Waals surface area contributed by atoms with Crippen LogP contribution in [0.4, 0.5) is 0 Å². The molecule has 0 radical (unpaired) electrons. The van der Waals surface area contributed by atoms with E-state index in [4.69, 9.17) is 0 Å². The maximum absolute atomic E-state index is 2.34. The van der Waals surface area contributed by atoms with Gasteiger partial charge in [-0.05, 0) is 24.7 Å². The first kappa shape index (κ1) is 7.20. The Bertz CT molecular complexity index is 116. The van der Waals surface area contributed by atoms with Crippen molar-refractivity contribution < 1.29 is 0 Å². The molecule has 1 aliphatic heterocycles. The summed E-state index contributed by atoms with van der Waals surface area (Å²) in [6.07, 6.45) is 3.92. The van der Waals surface area contributed by atoms with Gasteiger partial charge in [-0.2, -0.15) is 0 Å². The zero-order valence-corrected chi connectivity index (χ0v) is 7.00. The molecule has 0 spiro atoms. The molecule has 0 nitrogen and oxygen atoms in total. The Morgan fingerprint density at radius 1 is 1.67 bits per heavy atom. The normalized spacial score (nSPS) is 26.4. The molecule has 0 saturated heterocycles. The zero-order chi connectivity index (χ0) is 6.69. The van der Waals surface area contributed by atoms with Crippen molar-refractivity contribution in [2.24, 2.45) is 0 Å². The Hall–Kier alpha value is 0.0900. The first-order chi connectivity index (χ1) is 4.36. The van der Waals surface area contributed by atoms with Crippen molar-refractivity contribution >= 4 is 11.8 Å². The molecule has 0 saturated carbocycles. The van der Waals surface area contributed by atoms with Crippen LogP contribution in [0.2, 0.25) is 0 Å². The van der Waals surface area contributed by atoms with Gasteiger partial charge in [0.1, 0.15) is 0 Å². The van der Waals surface area contributed by atoms with E-state index in [1.165, 1.54) is 19.3 Å². The van der Waals surface area contributed by atoms with Crippen molar-refractivity contribution in [2.45, 2.75) is 38.4 Å². The molecule has 0 bridgehead atoms. The second kappa shape index (κ2) is 3.31. The van der Waals surface area contributed by atoms with E-state index < -0.39 is 0 Å². The summed E-state index contributed by atoms with van der Waals surface area (Å²) >= 11 is 2.01. The standard InChI is InChI=1S/C8H14S/c1-3-7-5-8(4-2)9-6-7/h6,8H,3-5H2,1-2H3. The Morgan fingerprint density at radius 2 is 2.44 bits per heavy atom. The lowest BCUT2D eigenvalue weighted by atomic mass is 10.1. The van der Waals surface area contributed by atoms with Crippen molar-refractivity contribution in [1.82, 2.24) is 0 Å². The second-order valence-corrected chi connectivity index (χ2v) is 3.67. The molecule has 52 valence electrons. The van der Waals surface area contributed by atoms with Gasteiger partial charge in [0.25, 0.3) is 0 Å². The van der Waals surface area contributed by atoms with Crippen molar-refractivity contribution in [3.63, 3.8) is 0 Å². The number of allylic oxidation sites excluding steroid dienone is 1. The lowest BCUT2D eigenvalue weighted by molar-refractivity contribution is 0.802. The van der Waals surface area contributed by atoms with E-state index in [9.17, 15) is 0 Å². The monoisotopic (exact) mass is 142 g/mol. The van der Waals surface area contributed by atoms with Crippen molar-refractivity contribution in [1.29, 1.82) is 0 Å². The first-order valence-electron chi connectivity index (χ1n) is 3.70. The van der Waals surface area contributed by atoms with Crippen LogP contribution in [0.15, 0.2) is 11.0 Å². The first-order valence-corrected chi connectivity index (χ1v) is 4.64. The predicted molar refractivity (Wildman–Crippen MR) is 44.7 cm³/mol. The van der Waals surface area contributed by atoms with Gasteiger partial charge >= 0.3 is 0 Å². The molecule has 9 heavy (non-hydrogen) atoms. The van der Waals surface area contributed by atoms with E-state index in [0.29, 0.717) is 0 Å². The van der Waals surface area contributed by atoms with E-state index in [2.05, 4.69) is 19.3 Å². The van der Waals surface area contributed by atoms with Crippen LogP contribution in [0.1, 0.15) is 33.1 Å². The fourth-order valence-corrected chi connectivity index (χ4v) is 2.20. The van der Waals surface area contributed by atoms with Gasteiger partial charge in [0.15, 0.2) is 0 Å². The highest BCUT2D eigenvalue weighted by Gasteiger charge is 2.13. The van der Waals surface area contributed by atoms with E-state index in [1.807, 2.05) is 11.8 Å². The number of rotatable bonds is 2. The summed E-state index contributed by atoms with van der Waals surface area (Å²) in [7, 11) is 0. The smallest absolute Gasteiger partial charge is 0.0123 e. The van der Waals surface area contributed by atoms with Gasteiger partial charge in [-0.1, -0.05) is 19.4 Å². The van der Waals surface area contributed by atoms with Crippen molar-refractivity contribution in [3.8, 4) is 0 Å². The van der Waals surface area contributed by atoms with E-state index in [0.717, 1.165) is 5.25 Å². The highest BCUT2D eigenvalue weighted by atomic mass is 32.2. The zero-order valence-electron chi connectivity index (χ0n) is 6.18. The van der Waals surface area contributed by atoms with Crippen LogP contribution in [0, 0.1) is 0 Å². The van der Waals surface area contributed by atoms with E-state index in [-0.39, 0.29) is 0 Å². The number of thioether (sulfide) groups is 1. The second-order valence-electron chi connectivity index (χ2n) is 2.50. The third-order valence-electron chi connectivity index (χ3n) is 1.83. The van der Waals surface area contributed by atoms with Gasteiger partial charge in [-0.25, -0.2) is 0 Å². The third-order valence-corrected chi connectivity index (χ3v) is 3.18. The average molecular weight is 142 g/mol. The molecule has 1 rings (SSSR count). The van der Waals surface area contributed by atoms with Crippen LogP contribution in [0.5, 0.6) is 0 Å².